The molecule has 0 unspecified atom stereocenters. The molecule has 0 rings (SSSR count). The fraction of sp³-hybridized carbons (Fsp3) is 0.500. The number of rotatable bonds is 3. The average molecular weight is 129 g/mol. The van der Waals surface area contributed by atoms with E-state index in [0.717, 1.165) is 0 Å². The van der Waals surface area contributed by atoms with Crippen LogP contribution in [0.1, 0.15) is 6.92 Å². The second-order valence-electron chi connectivity index (χ2n) is 1.39. The van der Waals surface area contributed by atoms with E-state index in [9.17, 15) is 4.79 Å². The van der Waals surface area contributed by atoms with Gasteiger partial charge < -0.3 is 10.5 Å². The highest BCUT2D eigenvalue weighted by Crippen LogP contribution is 1.78. The number of esters is 1. The molecule has 9 heavy (non-hydrogen) atoms. The number of hydrogen-bond acceptors (Lipinski definition) is 3. The second-order valence-corrected chi connectivity index (χ2v) is 1.39. The fourth-order valence-electron chi connectivity index (χ4n) is 0.355. The molecule has 0 bridgehead atoms. The summed E-state index contributed by atoms with van der Waals surface area (Å²) < 4.78 is 4.56. The third kappa shape index (κ3) is 5.03. The highest BCUT2D eigenvalue weighted by Gasteiger charge is 1.89. The molecule has 0 fully saturated rings. The Hall–Kier alpha value is -0.830. The highest BCUT2D eigenvalue weighted by atomic mass is 16.5. The lowest BCUT2D eigenvalue weighted by Gasteiger charge is -1.92. The second kappa shape index (κ2) is 5.31. The summed E-state index contributed by atoms with van der Waals surface area (Å²) in [6.07, 6.45) is 2.88. The quantitative estimate of drug-likeness (QED) is 0.433. The molecule has 0 aromatic carbocycles. The Morgan fingerprint density at radius 1 is 1.78 bits per heavy atom. The van der Waals surface area contributed by atoms with Crippen LogP contribution in [-0.2, 0) is 9.53 Å². The zero-order valence-corrected chi connectivity index (χ0v) is 5.46. The van der Waals surface area contributed by atoms with E-state index in [2.05, 4.69) is 4.74 Å². The lowest BCUT2D eigenvalue weighted by molar-refractivity contribution is -0.137. The van der Waals surface area contributed by atoms with Crippen molar-refractivity contribution in [1.82, 2.24) is 0 Å². The molecule has 0 saturated heterocycles. The maximum absolute atomic E-state index is 10.4. The summed E-state index contributed by atoms with van der Waals surface area (Å²) in [5, 5.41) is 0. The first kappa shape index (κ1) is 8.17. The first-order valence-corrected chi connectivity index (χ1v) is 2.84. The van der Waals surface area contributed by atoms with Gasteiger partial charge in [-0.05, 0) is 6.92 Å². The van der Waals surface area contributed by atoms with E-state index in [4.69, 9.17) is 5.73 Å². The average Bonchev–Trinajstić information content (AvgIpc) is 1.85. The van der Waals surface area contributed by atoms with Crippen LogP contribution in [-0.4, -0.2) is 19.1 Å². The summed E-state index contributed by atoms with van der Waals surface area (Å²) in [5.41, 5.74) is 5.08. The third-order valence-corrected chi connectivity index (χ3v) is 0.677. The van der Waals surface area contributed by atoms with Crippen LogP contribution < -0.4 is 5.73 Å². The molecule has 3 heteroatoms. The number of carbonyl (C=O) groups excluding carboxylic acids is 1. The van der Waals surface area contributed by atoms with Crippen LogP contribution in [0.25, 0.3) is 0 Å². The molecular weight excluding hydrogens is 118 g/mol. The van der Waals surface area contributed by atoms with Gasteiger partial charge in [-0.25, -0.2) is 4.79 Å². The Labute approximate surface area is 54.5 Å². The van der Waals surface area contributed by atoms with Crippen molar-refractivity contribution in [3.63, 3.8) is 0 Å². The van der Waals surface area contributed by atoms with Gasteiger partial charge >= 0.3 is 5.97 Å². The number of ether oxygens (including phenoxy) is 1. The van der Waals surface area contributed by atoms with Crippen molar-refractivity contribution in [1.29, 1.82) is 0 Å². The minimum atomic E-state index is -0.331. The van der Waals surface area contributed by atoms with E-state index < -0.39 is 0 Å². The summed E-state index contributed by atoms with van der Waals surface area (Å²) in [6, 6.07) is 0. The van der Waals surface area contributed by atoms with E-state index in [1.54, 1.807) is 13.0 Å². The van der Waals surface area contributed by atoms with E-state index in [1.807, 2.05) is 0 Å². The highest BCUT2D eigenvalue weighted by molar-refractivity contribution is 5.81. The van der Waals surface area contributed by atoms with Gasteiger partial charge in [0.05, 0.1) is 6.61 Å². The minimum Gasteiger partial charge on any atom is -0.463 e. The molecule has 3 nitrogen and oxygen atoms in total. The Kier molecular flexibility index (Phi) is 4.82. The standard InChI is InChI=1S/C6H11NO2/c1-2-9-6(8)4-3-5-7/h3-4H,2,5,7H2,1H3/b4-3-. The Morgan fingerprint density at radius 3 is 2.89 bits per heavy atom. The molecule has 0 heterocycles. The molecule has 2 N–H and O–H groups in total. The van der Waals surface area contributed by atoms with Crippen LogP contribution >= 0.6 is 0 Å². The van der Waals surface area contributed by atoms with Crippen molar-refractivity contribution in [3.8, 4) is 0 Å². The van der Waals surface area contributed by atoms with Crippen molar-refractivity contribution < 1.29 is 9.53 Å². The number of carbonyl (C=O) groups is 1. The van der Waals surface area contributed by atoms with E-state index in [-0.39, 0.29) is 5.97 Å². The summed E-state index contributed by atoms with van der Waals surface area (Å²) in [4.78, 5) is 10.4. The van der Waals surface area contributed by atoms with Gasteiger partial charge in [0.25, 0.3) is 0 Å². The molecule has 0 spiro atoms. The maximum atomic E-state index is 10.4. The summed E-state index contributed by atoms with van der Waals surface area (Å²) in [7, 11) is 0. The van der Waals surface area contributed by atoms with Gasteiger partial charge in [-0.1, -0.05) is 6.08 Å². The first-order chi connectivity index (χ1) is 4.31. The summed E-state index contributed by atoms with van der Waals surface area (Å²) >= 11 is 0. The van der Waals surface area contributed by atoms with Crippen molar-refractivity contribution in [2.75, 3.05) is 13.2 Å². The normalized spacial score (nSPS) is 10.0. The molecule has 0 aromatic rings. The van der Waals surface area contributed by atoms with Crippen LogP contribution in [0.4, 0.5) is 0 Å². The molecule has 52 valence electrons. The van der Waals surface area contributed by atoms with Crippen molar-refractivity contribution in [2.45, 2.75) is 6.92 Å². The molecule has 0 aliphatic carbocycles. The van der Waals surface area contributed by atoms with Gasteiger partial charge in [-0.3, -0.25) is 0 Å². The molecule has 0 amide bonds. The number of nitrogens with two attached hydrogens (primary N) is 1. The fourth-order valence-corrected chi connectivity index (χ4v) is 0.355. The lowest BCUT2D eigenvalue weighted by Crippen LogP contribution is -2.01. The topological polar surface area (TPSA) is 52.3 Å². The zero-order valence-electron chi connectivity index (χ0n) is 5.46. The molecule has 0 aromatic heterocycles. The SMILES string of the molecule is CCOC(=O)/C=C\CN. The largest absolute Gasteiger partial charge is 0.463 e. The van der Waals surface area contributed by atoms with Gasteiger partial charge in [-0.2, -0.15) is 0 Å². The van der Waals surface area contributed by atoms with Gasteiger partial charge in [0, 0.05) is 12.6 Å². The Morgan fingerprint density at radius 2 is 2.44 bits per heavy atom. The third-order valence-electron chi connectivity index (χ3n) is 0.677. The van der Waals surface area contributed by atoms with E-state index in [1.165, 1.54) is 6.08 Å². The number of hydrogen-bond donors (Lipinski definition) is 1. The smallest absolute Gasteiger partial charge is 0.330 e. The van der Waals surface area contributed by atoms with Crippen LogP contribution in [0.5, 0.6) is 0 Å². The van der Waals surface area contributed by atoms with E-state index >= 15 is 0 Å². The van der Waals surface area contributed by atoms with Gasteiger partial charge in [0.15, 0.2) is 0 Å². The van der Waals surface area contributed by atoms with Crippen molar-refractivity contribution in [3.05, 3.63) is 12.2 Å². The van der Waals surface area contributed by atoms with Gasteiger partial charge in [-0.15, -0.1) is 0 Å². The predicted octanol–water partition coefficient (Wildman–Crippen LogP) is 0.0644. The molecule has 0 aliphatic heterocycles. The maximum Gasteiger partial charge on any atom is 0.330 e. The monoisotopic (exact) mass is 129 g/mol. The van der Waals surface area contributed by atoms with Gasteiger partial charge in [0.2, 0.25) is 0 Å². The van der Waals surface area contributed by atoms with Crippen LogP contribution in [0.15, 0.2) is 12.2 Å². The molecular formula is C6H11NO2. The minimum absolute atomic E-state index is 0.331. The van der Waals surface area contributed by atoms with Crippen molar-refractivity contribution in [2.24, 2.45) is 5.73 Å². The molecule has 0 aliphatic rings. The molecule has 0 saturated carbocycles. The molecule has 0 atom stereocenters. The Balaban J connectivity index is 3.37. The lowest BCUT2D eigenvalue weighted by atomic mass is 10.5. The first-order valence-electron chi connectivity index (χ1n) is 2.84. The van der Waals surface area contributed by atoms with E-state index in [0.29, 0.717) is 13.2 Å². The van der Waals surface area contributed by atoms with Crippen LogP contribution in [0.3, 0.4) is 0 Å². The Bertz CT molecular complexity index is 110. The zero-order chi connectivity index (χ0) is 7.11. The summed E-state index contributed by atoms with van der Waals surface area (Å²) in [6.45, 7) is 2.54. The summed E-state index contributed by atoms with van der Waals surface area (Å²) in [5.74, 6) is -0.331. The van der Waals surface area contributed by atoms with Crippen LogP contribution in [0.2, 0.25) is 0 Å². The van der Waals surface area contributed by atoms with Crippen LogP contribution in [0, 0.1) is 0 Å². The molecule has 0 radical (unpaired) electrons. The van der Waals surface area contributed by atoms with Gasteiger partial charge in [0.1, 0.15) is 0 Å². The van der Waals surface area contributed by atoms with Crippen molar-refractivity contribution >= 4 is 5.97 Å². The predicted molar refractivity (Wildman–Crippen MR) is 34.8 cm³/mol.